The van der Waals surface area contributed by atoms with Crippen LogP contribution in [0.2, 0.25) is 0 Å². The highest BCUT2D eigenvalue weighted by atomic mass is 19.1. The summed E-state index contributed by atoms with van der Waals surface area (Å²) in [7, 11) is 1.56. The number of ether oxygens (including phenoxy) is 1. The number of rotatable bonds is 3. The van der Waals surface area contributed by atoms with Gasteiger partial charge in [-0.25, -0.2) is 9.67 Å². The molecule has 25 heavy (non-hydrogen) atoms. The summed E-state index contributed by atoms with van der Waals surface area (Å²) in [5, 5.41) is 13.9. The first kappa shape index (κ1) is 15.1. The molecule has 124 valence electrons. The lowest BCUT2D eigenvalue weighted by Crippen LogP contribution is -1.99. The quantitative estimate of drug-likeness (QED) is 0.621. The molecule has 2 aromatic heterocycles. The average molecular weight is 336 g/mol. The molecule has 4 aromatic rings. The third kappa shape index (κ3) is 2.55. The van der Waals surface area contributed by atoms with Crippen LogP contribution in [0.25, 0.3) is 28.1 Å². The molecule has 1 N–H and O–H groups in total. The van der Waals surface area contributed by atoms with E-state index in [-0.39, 0.29) is 16.9 Å². The molecule has 0 saturated carbocycles. The van der Waals surface area contributed by atoms with Gasteiger partial charge in [0.05, 0.1) is 12.8 Å². The Labute approximate surface area is 142 Å². The number of hydrogen-bond acceptors (Lipinski definition) is 5. The lowest BCUT2D eigenvalue weighted by atomic mass is 10.2. The highest BCUT2D eigenvalue weighted by molar-refractivity contribution is 5.83. The van der Waals surface area contributed by atoms with Crippen molar-refractivity contribution in [2.45, 2.75) is 0 Å². The molecule has 2 heterocycles. The fourth-order valence-electron chi connectivity index (χ4n) is 2.60. The minimum atomic E-state index is -0.825. The van der Waals surface area contributed by atoms with Gasteiger partial charge < -0.3 is 9.84 Å². The van der Waals surface area contributed by atoms with Gasteiger partial charge in [-0.05, 0) is 24.3 Å². The zero-order valence-corrected chi connectivity index (χ0v) is 13.2. The number of fused-ring (bicyclic) bond motifs is 1. The molecule has 2 aromatic carbocycles. The van der Waals surface area contributed by atoms with Crippen LogP contribution in [-0.2, 0) is 0 Å². The first-order chi connectivity index (χ1) is 12.2. The first-order valence-electron chi connectivity index (χ1n) is 7.52. The van der Waals surface area contributed by atoms with E-state index in [0.717, 1.165) is 0 Å². The Balaban J connectivity index is 1.97. The van der Waals surface area contributed by atoms with Crippen molar-refractivity contribution in [2.24, 2.45) is 0 Å². The van der Waals surface area contributed by atoms with Gasteiger partial charge in [-0.3, -0.25) is 0 Å². The third-order valence-corrected chi connectivity index (χ3v) is 3.79. The van der Waals surface area contributed by atoms with E-state index >= 15 is 0 Å². The number of hydrogen-bond donors (Lipinski definition) is 1. The molecule has 0 unspecified atom stereocenters. The van der Waals surface area contributed by atoms with E-state index < -0.39 is 11.8 Å². The lowest BCUT2D eigenvalue weighted by Gasteiger charge is -2.06. The summed E-state index contributed by atoms with van der Waals surface area (Å²) in [5.41, 5.74) is 1.46. The van der Waals surface area contributed by atoms with Gasteiger partial charge in [-0.15, -0.1) is 5.10 Å². The molecular weight excluding hydrogens is 323 g/mol. The van der Waals surface area contributed by atoms with Crippen LogP contribution in [0.4, 0.5) is 4.39 Å². The zero-order valence-electron chi connectivity index (χ0n) is 13.2. The van der Waals surface area contributed by atoms with Crippen molar-refractivity contribution < 1.29 is 14.2 Å². The van der Waals surface area contributed by atoms with E-state index in [1.54, 1.807) is 43.5 Å². The van der Waals surface area contributed by atoms with Crippen molar-refractivity contribution in [1.29, 1.82) is 0 Å². The summed E-state index contributed by atoms with van der Waals surface area (Å²) in [6, 6.07) is 16.1. The van der Waals surface area contributed by atoms with Gasteiger partial charge in [0.15, 0.2) is 11.5 Å². The van der Waals surface area contributed by atoms with Crippen LogP contribution in [0.15, 0.2) is 54.6 Å². The predicted molar refractivity (Wildman–Crippen MR) is 90.3 cm³/mol. The summed E-state index contributed by atoms with van der Waals surface area (Å²) in [6.45, 7) is 0. The van der Waals surface area contributed by atoms with E-state index in [0.29, 0.717) is 17.0 Å². The lowest BCUT2D eigenvalue weighted by molar-refractivity contribution is 0.415. The van der Waals surface area contributed by atoms with E-state index in [1.807, 2.05) is 18.2 Å². The fraction of sp³-hybridized carbons (Fsp3) is 0.0556. The fourth-order valence-corrected chi connectivity index (χ4v) is 2.60. The largest absolute Gasteiger partial charge is 0.497 e. The van der Waals surface area contributed by atoms with Crippen molar-refractivity contribution in [1.82, 2.24) is 19.7 Å². The normalized spacial score (nSPS) is 11.0. The maximum Gasteiger partial charge on any atom is 0.248 e. The van der Waals surface area contributed by atoms with E-state index in [1.165, 1.54) is 4.68 Å². The molecule has 0 bridgehead atoms. The van der Waals surface area contributed by atoms with Crippen molar-refractivity contribution in [3.8, 4) is 28.7 Å². The van der Waals surface area contributed by atoms with Crippen molar-refractivity contribution >= 4 is 11.0 Å². The van der Waals surface area contributed by atoms with Crippen LogP contribution < -0.4 is 4.74 Å². The van der Waals surface area contributed by atoms with Gasteiger partial charge in [0.1, 0.15) is 11.1 Å². The minimum absolute atomic E-state index is 0.115. The number of methoxy groups -OCH3 is 1. The van der Waals surface area contributed by atoms with Gasteiger partial charge in [-0.1, -0.05) is 30.3 Å². The van der Waals surface area contributed by atoms with Crippen molar-refractivity contribution in [3.63, 3.8) is 0 Å². The summed E-state index contributed by atoms with van der Waals surface area (Å²) in [6.07, 6.45) is 0. The van der Waals surface area contributed by atoms with Gasteiger partial charge >= 0.3 is 0 Å². The van der Waals surface area contributed by atoms with Crippen LogP contribution in [0, 0.1) is 5.95 Å². The van der Waals surface area contributed by atoms with E-state index in [2.05, 4.69) is 15.1 Å². The SMILES string of the molecule is COc1cccc(-c2nc(O)c3c(F)nn(-c4ccccc4)c3n2)c1. The standard InChI is InChI=1S/C18H13FN4O2/c1-25-13-9-5-6-11(10-13)16-20-17-14(18(24)21-16)15(19)22-23(17)12-7-3-2-4-8-12/h2-10H,1H3,(H,20,21,24). The zero-order chi connectivity index (χ0) is 17.4. The molecule has 0 fully saturated rings. The molecule has 7 heteroatoms. The molecular formula is C18H13FN4O2. The average Bonchev–Trinajstić information content (AvgIpc) is 2.99. The number of nitrogens with zero attached hydrogens (tertiary/aromatic N) is 4. The predicted octanol–water partition coefficient (Wildman–Crippen LogP) is 3.34. The molecule has 4 rings (SSSR count). The van der Waals surface area contributed by atoms with Crippen LogP contribution in [0.1, 0.15) is 0 Å². The van der Waals surface area contributed by atoms with Crippen LogP contribution in [-0.4, -0.2) is 32.0 Å². The molecule has 0 radical (unpaired) electrons. The number of para-hydroxylation sites is 1. The molecule has 0 saturated heterocycles. The molecule has 0 atom stereocenters. The van der Waals surface area contributed by atoms with E-state index in [9.17, 15) is 9.50 Å². The Kier molecular flexibility index (Phi) is 3.53. The Morgan fingerprint density at radius 2 is 1.84 bits per heavy atom. The van der Waals surface area contributed by atoms with Crippen LogP contribution in [0.5, 0.6) is 11.6 Å². The molecule has 0 aliphatic rings. The van der Waals surface area contributed by atoms with Crippen LogP contribution in [0.3, 0.4) is 0 Å². The first-order valence-corrected chi connectivity index (χ1v) is 7.52. The highest BCUT2D eigenvalue weighted by Crippen LogP contribution is 2.30. The Bertz CT molecular complexity index is 1060. The van der Waals surface area contributed by atoms with Gasteiger partial charge in [0.2, 0.25) is 11.8 Å². The molecule has 0 aliphatic carbocycles. The van der Waals surface area contributed by atoms with Gasteiger partial charge in [0.25, 0.3) is 0 Å². The number of halogens is 1. The maximum atomic E-state index is 14.2. The third-order valence-electron chi connectivity index (χ3n) is 3.79. The number of benzene rings is 2. The summed E-state index contributed by atoms with van der Waals surface area (Å²) < 4.78 is 20.8. The second-order valence-electron chi connectivity index (χ2n) is 5.34. The topological polar surface area (TPSA) is 73.1 Å². The van der Waals surface area contributed by atoms with Gasteiger partial charge in [0, 0.05) is 5.56 Å². The molecule has 0 aliphatic heterocycles. The smallest absolute Gasteiger partial charge is 0.248 e. The minimum Gasteiger partial charge on any atom is -0.497 e. The highest BCUT2D eigenvalue weighted by Gasteiger charge is 2.20. The molecule has 6 nitrogen and oxygen atoms in total. The van der Waals surface area contributed by atoms with Crippen LogP contribution >= 0.6 is 0 Å². The number of aromatic nitrogens is 4. The Hall–Kier alpha value is -3.48. The summed E-state index contributed by atoms with van der Waals surface area (Å²) >= 11 is 0. The van der Waals surface area contributed by atoms with Gasteiger partial charge in [-0.2, -0.15) is 9.37 Å². The molecule has 0 spiro atoms. The Morgan fingerprint density at radius 1 is 1.04 bits per heavy atom. The van der Waals surface area contributed by atoms with Crippen molar-refractivity contribution in [3.05, 3.63) is 60.5 Å². The number of aromatic hydroxyl groups is 1. The van der Waals surface area contributed by atoms with Crippen molar-refractivity contribution in [2.75, 3.05) is 7.11 Å². The molecule has 0 amide bonds. The second kappa shape index (κ2) is 5.86. The van der Waals surface area contributed by atoms with E-state index in [4.69, 9.17) is 4.74 Å². The second-order valence-corrected chi connectivity index (χ2v) is 5.34. The monoisotopic (exact) mass is 336 g/mol. The Morgan fingerprint density at radius 3 is 2.60 bits per heavy atom. The summed E-state index contributed by atoms with van der Waals surface area (Å²) in [5.74, 6) is -0.402. The maximum absolute atomic E-state index is 14.2. The summed E-state index contributed by atoms with van der Waals surface area (Å²) in [4.78, 5) is 8.42.